The highest BCUT2D eigenvalue weighted by Gasteiger charge is 2.36. The minimum Gasteiger partial charge on any atom is -0.495 e. The van der Waals surface area contributed by atoms with E-state index in [1.165, 1.54) is 67.2 Å². The number of aliphatic hydroxyl groups is 1. The molecule has 0 atom stereocenters. The summed E-state index contributed by atoms with van der Waals surface area (Å²) >= 11 is 3.16. The van der Waals surface area contributed by atoms with Crippen LogP contribution in [0.3, 0.4) is 0 Å². The Hall–Kier alpha value is -2.56. The zero-order valence-corrected chi connectivity index (χ0v) is 26.2. The molecule has 220 valence electrons. The minimum atomic E-state index is -3.89. The first-order chi connectivity index (χ1) is 17.9. The van der Waals surface area contributed by atoms with Gasteiger partial charge in [-0.05, 0) is 67.9 Å². The molecule has 2 aromatic rings. The summed E-state index contributed by atoms with van der Waals surface area (Å²) in [5, 5.41) is 7.00. The smallest absolute Gasteiger partial charge is 0.326 e. The normalized spacial score (nSPS) is 11.6. The number of rotatable bonds is 9. The van der Waals surface area contributed by atoms with E-state index in [0.717, 1.165) is 7.11 Å². The molecule has 15 heteroatoms. The van der Waals surface area contributed by atoms with E-state index in [-0.39, 0.29) is 15.5 Å². The molecule has 0 saturated carbocycles. The number of sulfonamides is 2. The number of methoxy groups -OCH3 is 3. The number of hydrogen-bond donors (Lipinski definition) is 3. The van der Waals surface area contributed by atoms with Gasteiger partial charge in [0.2, 0.25) is 20.0 Å². The maximum atomic E-state index is 12.2. The van der Waals surface area contributed by atoms with Gasteiger partial charge >= 0.3 is 11.9 Å². The maximum absolute atomic E-state index is 12.2. The Kier molecular flexibility index (Phi) is 14.3. The maximum Gasteiger partial charge on any atom is 0.326 e. The first kappa shape index (κ1) is 36.4. The zero-order valence-electron chi connectivity index (χ0n) is 22.9. The molecule has 2 rings (SSSR count). The second kappa shape index (κ2) is 15.3. The fraction of sp³-hybridized carbons (Fsp3) is 0.417. The molecule has 0 radical (unpaired) electrons. The summed E-state index contributed by atoms with van der Waals surface area (Å²) < 4.78 is 67.9. The van der Waals surface area contributed by atoms with Crippen LogP contribution in [0.2, 0.25) is 0 Å². The standard InChI is InChI=1S/C12H17NO5S.C11H14BrNO4S.CH4O/c1-12(2,11(14)18-4)13-19(15,16)10-8-6-5-7-9(10)17-3;1-11(2,10(14)17-3)13-18(15,16)9-7-5-4-6-8(9)12;1-2/h5-8,13H,1-4H3;4-7,13H,1-3H3;2H,1H3. The summed E-state index contributed by atoms with van der Waals surface area (Å²) in [7, 11) is -2.92. The van der Waals surface area contributed by atoms with Crippen LogP contribution in [0.4, 0.5) is 0 Å². The number of para-hydroxylation sites is 1. The molecule has 0 bridgehead atoms. The van der Waals surface area contributed by atoms with Gasteiger partial charge in [0.1, 0.15) is 21.7 Å². The first-order valence-electron chi connectivity index (χ1n) is 11.0. The van der Waals surface area contributed by atoms with Gasteiger partial charge in [0.15, 0.2) is 0 Å². The second-order valence-corrected chi connectivity index (χ2v) is 12.7. The molecule has 39 heavy (non-hydrogen) atoms. The van der Waals surface area contributed by atoms with Gasteiger partial charge in [-0.3, -0.25) is 9.59 Å². The third kappa shape index (κ3) is 10.5. The van der Waals surface area contributed by atoms with E-state index in [9.17, 15) is 26.4 Å². The molecular formula is C24H35BrN2O10S2. The van der Waals surface area contributed by atoms with Gasteiger partial charge < -0.3 is 19.3 Å². The van der Waals surface area contributed by atoms with E-state index in [2.05, 4.69) is 34.8 Å². The molecule has 0 aliphatic rings. The van der Waals surface area contributed by atoms with Gasteiger partial charge in [-0.15, -0.1) is 0 Å². The molecule has 12 nitrogen and oxygen atoms in total. The van der Waals surface area contributed by atoms with Crippen molar-refractivity contribution in [1.29, 1.82) is 0 Å². The number of nitrogens with one attached hydrogen (secondary N) is 2. The van der Waals surface area contributed by atoms with Crippen molar-refractivity contribution in [3.63, 3.8) is 0 Å². The van der Waals surface area contributed by atoms with Gasteiger partial charge in [-0.2, -0.15) is 9.44 Å². The molecule has 0 amide bonds. The summed E-state index contributed by atoms with van der Waals surface area (Å²) in [6.45, 7) is 5.72. The van der Waals surface area contributed by atoms with Crippen LogP contribution in [-0.2, 0) is 39.1 Å². The Morgan fingerprint density at radius 1 is 0.718 bits per heavy atom. The van der Waals surface area contributed by atoms with Crippen LogP contribution in [0.25, 0.3) is 0 Å². The molecule has 0 heterocycles. The van der Waals surface area contributed by atoms with Crippen LogP contribution in [-0.4, -0.2) is 73.4 Å². The number of carbonyl (C=O) groups is 2. The highest BCUT2D eigenvalue weighted by molar-refractivity contribution is 9.10. The average Bonchev–Trinajstić information content (AvgIpc) is 2.88. The number of aliphatic hydroxyl groups excluding tert-OH is 1. The fourth-order valence-corrected chi connectivity index (χ4v) is 6.79. The van der Waals surface area contributed by atoms with E-state index in [4.69, 9.17) is 9.84 Å². The third-order valence-electron chi connectivity index (χ3n) is 4.66. The van der Waals surface area contributed by atoms with Crippen molar-refractivity contribution in [2.75, 3.05) is 28.4 Å². The summed E-state index contributed by atoms with van der Waals surface area (Å²) in [6.07, 6.45) is 0. The van der Waals surface area contributed by atoms with Crippen LogP contribution in [0.1, 0.15) is 27.7 Å². The van der Waals surface area contributed by atoms with Crippen LogP contribution in [0, 0.1) is 0 Å². The Balaban J connectivity index is 0.000000697. The highest BCUT2D eigenvalue weighted by Crippen LogP contribution is 2.24. The van der Waals surface area contributed by atoms with Crippen LogP contribution < -0.4 is 14.2 Å². The van der Waals surface area contributed by atoms with E-state index in [0.29, 0.717) is 4.47 Å². The van der Waals surface area contributed by atoms with Crippen molar-refractivity contribution in [2.24, 2.45) is 0 Å². The minimum absolute atomic E-state index is 0.0329. The van der Waals surface area contributed by atoms with Crippen molar-refractivity contribution < 1.29 is 45.7 Å². The van der Waals surface area contributed by atoms with Gasteiger partial charge in [-0.25, -0.2) is 16.8 Å². The quantitative estimate of drug-likeness (QED) is 0.340. The topological polar surface area (TPSA) is 174 Å². The van der Waals surface area contributed by atoms with Gasteiger partial charge in [0, 0.05) is 11.6 Å². The fourth-order valence-electron chi connectivity index (χ4n) is 2.88. The first-order valence-corrected chi connectivity index (χ1v) is 14.8. The zero-order chi connectivity index (χ0) is 30.7. The number of benzene rings is 2. The van der Waals surface area contributed by atoms with Crippen LogP contribution in [0.15, 0.2) is 62.8 Å². The SMILES string of the molecule is CO.COC(=O)C(C)(C)NS(=O)(=O)c1ccccc1Br.COC(=O)C(C)(C)NS(=O)(=O)c1ccccc1OC. The van der Waals surface area contributed by atoms with Crippen molar-refractivity contribution in [1.82, 2.24) is 9.44 Å². The monoisotopic (exact) mass is 654 g/mol. The van der Waals surface area contributed by atoms with Crippen LogP contribution >= 0.6 is 15.9 Å². The van der Waals surface area contributed by atoms with E-state index in [1.54, 1.807) is 30.3 Å². The third-order valence-corrected chi connectivity index (χ3v) is 9.02. The summed E-state index contributed by atoms with van der Waals surface area (Å²) in [5.74, 6) is -1.13. The Morgan fingerprint density at radius 2 is 1.08 bits per heavy atom. The summed E-state index contributed by atoms with van der Waals surface area (Å²) in [6, 6.07) is 12.5. The number of hydrogen-bond acceptors (Lipinski definition) is 10. The molecule has 2 aromatic carbocycles. The molecule has 0 aliphatic carbocycles. The molecule has 0 fully saturated rings. The lowest BCUT2D eigenvalue weighted by Crippen LogP contribution is -2.50. The molecular weight excluding hydrogens is 620 g/mol. The van der Waals surface area contributed by atoms with E-state index < -0.39 is 43.1 Å². The highest BCUT2D eigenvalue weighted by atomic mass is 79.9. The van der Waals surface area contributed by atoms with Crippen LogP contribution in [0.5, 0.6) is 5.75 Å². The lowest BCUT2D eigenvalue weighted by atomic mass is 10.1. The number of carbonyl (C=O) groups excluding carboxylic acids is 2. The molecule has 0 unspecified atom stereocenters. The molecule has 0 spiro atoms. The van der Waals surface area contributed by atoms with Gasteiger partial charge in [0.25, 0.3) is 0 Å². The predicted octanol–water partition coefficient (Wildman–Crippen LogP) is 2.21. The number of ether oxygens (including phenoxy) is 3. The Bertz CT molecular complexity index is 1330. The van der Waals surface area contributed by atoms with Crippen molar-refractivity contribution in [3.05, 3.63) is 53.0 Å². The predicted molar refractivity (Wildman–Crippen MR) is 148 cm³/mol. The van der Waals surface area contributed by atoms with Crippen molar-refractivity contribution in [2.45, 2.75) is 48.6 Å². The summed E-state index contributed by atoms with van der Waals surface area (Å²) in [4.78, 5) is 23.0. The number of halogens is 1. The van der Waals surface area contributed by atoms with Gasteiger partial charge in [-0.1, -0.05) is 24.3 Å². The second-order valence-electron chi connectivity index (χ2n) is 8.53. The molecule has 3 N–H and O–H groups in total. The molecule has 0 saturated heterocycles. The lowest BCUT2D eigenvalue weighted by molar-refractivity contribution is -0.147. The molecule has 0 aliphatic heterocycles. The largest absolute Gasteiger partial charge is 0.495 e. The van der Waals surface area contributed by atoms with Crippen molar-refractivity contribution in [3.8, 4) is 5.75 Å². The van der Waals surface area contributed by atoms with E-state index in [1.807, 2.05) is 0 Å². The Morgan fingerprint density at radius 3 is 1.46 bits per heavy atom. The van der Waals surface area contributed by atoms with Gasteiger partial charge in [0.05, 0.1) is 26.2 Å². The molecule has 0 aromatic heterocycles. The Labute approximate surface area is 238 Å². The number of esters is 2. The average molecular weight is 656 g/mol. The van der Waals surface area contributed by atoms with Crippen molar-refractivity contribution >= 4 is 47.9 Å². The van der Waals surface area contributed by atoms with E-state index >= 15 is 0 Å². The summed E-state index contributed by atoms with van der Waals surface area (Å²) in [5.41, 5.74) is -2.70. The lowest BCUT2D eigenvalue weighted by Gasteiger charge is -2.23.